The van der Waals surface area contributed by atoms with Crippen LogP contribution in [0.4, 0.5) is 18.9 Å². The fourth-order valence-electron chi connectivity index (χ4n) is 3.41. The molecule has 0 radical (unpaired) electrons. The minimum atomic E-state index is -4.45. The van der Waals surface area contributed by atoms with E-state index < -0.39 is 11.7 Å². The molecule has 2 aromatic rings. The summed E-state index contributed by atoms with van der Waals surface area (Å²) in [7, 11) is 0. The van der Waals surface area contributed by atoms with Gasteiger partial charge in [-0.2, -0.15) is 13.2 Å². The largest absolute Gasteiger partial charge is 0.493 e. The second kappa shape index (κ2) is 6.23. The first-order valence-electron chi connectivity index (χ1n) is 8.32. The fraction of sp³-hybridized carbons (Fsp3) is 0.316. The van der Waals surface area contributed by atoms with Gasteiger partial charge in [0.2, 0.25) is 5.91 Å². The smallest absolute Gasteiger partial charge is 0.416 e. The van der Waals surface area contributed by atoms with E-state index >= 15 is 0 Å². The summed E-state index contributed by atoms with van der Waals surface area (Å²) >= 11 is 0. The van der Waals surface area contributed by atoms with Crippen LogP contribution in [0.1, 0.15) is 22.3 Å². The van der Waals surface area contributed by atoms with Crippen molar-refractivity contribution < 1.29 is 27.4 Å². The number of ether oxygens (including phenoxy) is 2. The van der Waals surface area contributed by atoms with Crippen molar-refractivity contribution in [2.45, 2.75) is 25.4 Å². The van der Waals surface area contributed by atoms with Crippen LogP contribution in [-0.4, -0.2) is 19.1 Å². The molecule has 0 bridgehead atoms. The molecule has 2 aromatic carbocycles. The van der Waals surface area contributed by atoms with Crippen LogP contribution in [0.3, 0.4) is 0 Å². The van der Waals surface area contributed by atoms with E-state index in [2.05, 4.69) is 5.32 Å². The third-order valence-corrected chi connectivity index (χ3v) is 4.57. The molecule has 1 N–H and O–H groups in total. The van der Waals surface area contributed by atoms with Gasteiger partial charge in [0.1, 0.15) is 11.5 Å². The molecule has 0 saturated heterocycles. The number of halogens is 3. The highest BCUT2D eigenvalue weighted by atomic mass is 19.4. The van der Waals surface area contributed by atoms with Crippen molar-refractivity contribution in [3.8, 4) is 11.5 Å². The minimum absolute atomic E-state index is 0.0328. The summed E-state index contributed by atoms with van der Waals surface area (Å²) in [4.78, 5) is 12.5. The maximum absolute atomic E-state index is 12.8. The van der Waals surface area contributed by atoms with Crippen LogP contribution in [0.2, 0.25) is 0 Å². The van der Waals surface area contributed by atoms with Gasteiger partial charge in [0.15, 0.2) is 0 Å². The number of rotatable bonds is 3. The van der Waals surface area contributed by atoms with Crippen molar-refractivity contribution >= 4 is 11.6 Å². The monoisotopic (exact) mass is 363 g/mol. The Kier molecular flexibility index (Phi) is 4.01. The molecule has 0 fully saturated rings. The number of fused-ring (bicyclic) bond motifs is 2. The second-order valence-electron chi connectivity index (χ2n) is 6.32. The quantitative estimate of drug-likeness (QED) is 0.903. The molecule has 2 heterocycles. The number of anilines is 1. The van der Waals surface area contributed by atoms with Gasteiger partial charge in [-0.25, -0.2) is 0 Å². The first-order valence-corrected chi connectivity index (χ1v) is 8.32. The number of hydrogen-bond donors (Lipinski definition) is 1. The standard InChI is InChI=1S/C19H16F3NO3/c20-19(21,22)12-2-1-3-13(9-12)23-17(24)10-15-14-5-7-25-16(14)8-11-4-6-26-18(11)15/h1-3,8-9H,4-7,10H2,(H,23,24). The minimum Gasteiger partial charge on any atom is -0.493 e. The first-order chi connectivity index (χ1) is 12.4. The van der Waals surface area contributed by atoms with Crippen LogP contribution in [0, 0.1) is 0 Å². The average Bonchev–Trinajstić information content (AvgIpc) is 3.23. The molecule has 0 unspecified atom stereocenters. The lowest BCUT2D eigenvalue weighted by molar-refractivity contribution is -0.137. The van der Waals surface area contributed by atoms with Crippen LogP contribution in [-0.2, 0) is 30.2 Å². The number of hydrogen-bond acceptors (Lipinski definition) is 3. The van der Waals surface area contributed by atoms with E-state index in [1.54, 1.807) is 0 Å². The molecule has 1 amide bonds. The SMILES string of the molecule is O=C(Cc1c2c(cc3c1OCC3)OCC2)Nc1cccc(C(F)(F)F)c1. The Bertz CT molecular complexity index is 845. The molecule has 2 aliphatic rings. The van der Waals surface area contributed by atoms with Crippen LogP contribution in [0.25, 0.3) is 0 Å². The highest BCUT2D eigenvalue weighted by Crippen LogP contribution is 2.41. The summed E-state index contributed by atoms with van der Waals surface area (Å²) in [6.45, 7) is 1.11. The maximum Gasteiger partial charge on any atom is 0.416 e. The van der Waals surface area contributed by atoms with Crippen molar-refractivity contribution in [1.82, 2.24) is 0 Å². The fourth-order valence-corrected chi connectivity index (χ4v) is 3.41. The molecule has 4 rings (SSSR count). The Hall–Kier alpha value is -2.70. The molecule has 136 valence electrons. The van der Waals surface area contributed by atoms with Gasteiger partial charge in [-0.05, 0) is 24.3 Å². The van der Waals surface area contributed by atoms with E-state index in [9.17, 15) is 18.0 Å². The van der Waals surface area contributed by atoms with Gasteiger partial charge in [0, 0.05) is 35.2 Å². The Morgan fingerprint density at radius 2 is 1.92 bits per heavy atom. The van der Waals surface area contributed by atoms with Crippen LogP contribution < -0.4 is 14.8 Å². The van der Waals surface area contributed by atoms with Crippen molar-refractivity contribution in [2.24, 2.45) is 0 Å². The zero-order chi connectivity index (χ0) is 18.3. The lowest BCUT2D eigenvalue weighted by atomic mass is 9.97. The van der Waals surface area contributed by atoms with Gasteiger partial charge >= 0.3 is 6.18 Å². The molecule has 0 aromatic heterocycles. The van der Waals surface area contributed by atoms with E-state index in [1.807, 2.05) is 6.07 Å². The number of amides is 1. The molecule has 2 aliphatic heterocycles. The maximum atomic E-state index is 12.8. The summed E-state index contributed by atoms with van der Waals surface area (Å²) in [6, 6.07) is 6.56. The normalized spacial score (nSPS) is 15.0. The molecule has 26 heavy (non-hydrogen) atoms. The number of carbonyl (C=O) groups excluding carboxylic acids is 1. The van der Waals surface area contributed by atoms with Gasteiger partial charge in [-0.15, -0.1) is 0 Å². The number of carbonyl (C=O) groups is 1. The Morgan fingerprint density at radius 3 is 2.73 bits per heavy atom. The van der Waals surface area contributed by atoms with Crippen molar-refractivity contribution in [3.05, 3.63) is 52.6 Å². The zero-order valence-electron chi connectivity index (χ0n) is 13.8. The first kappa shape index (κ1) is 16.8. The van der Waals surface area contributed by atoms with Crippen LogP contribution >= 0.6 is 0 Å². The van der Waals surface area contributed by atoms with E-state index in [1.165, 1.54) is 12.1 Å². The second-order valence-corrected chi connectivity index (χ2v) is 6.32. The summed E-state index contributed by atoms with van der Waals surface area (Å²) in [6.07, 6.45) is -2.97. The van der Waals surface area contributed by atoms with E-state index in [0.717, 1.165) is 41.0 Å². The van der Waals surface area contributed by atoms with E-state index in [-0.39, 0.29) is 18.0 Å². The van der Waals surface area contributed by atoms with Crippen molar-refractivity contribution in [3.63, 3.8) is 0 Å². The van der Waals surface area contributed by atoms with Gasteiger partial charge in [0.05, 0.1) is 25.2 Å². The lowest BCUT2D eigenvalue weighted by Gasteiger charge is -2.14. The van der Waals surface area contributed by atoms with Crippen LogP contribution in [0.5, 0.6) is 11.5 Å². The van der Waals surface area contributed by atoms with Gasteiger partial charge in [0.25, 0.3) is 0 Å². The summed E-state index contributed by atoms with van der Waals surface area (Å²) in [5, 5.41) is 2.55. The highest BCUT2D eigenvalue weighted by molar-refractivity contribution is 5.93. The average molecular weight is 363 g/mol. The topological polar surface area (TPSA) is 47.6 Å². The van der Waals surface area contributed by atoms with Gasteiger partial charge < -0.3 is 14.8 Å². The Labute approximate surface area is 147 Å². The van der Waals surface area contributed by atoms with Crippen molar-refractivity contribution in [1.29, 1.82) is 0 Å². The predicted octanol–water partition coefficient (Wildman–Crippen LogP) is 3.76. The Morgan fingerprint density at radius 1 is 1.12 bits per heavy atom. The number of nitrogens with one attached hydrogen (secondary N) is 1. The zero-order valence-corrected chi connectivity index (χ0v) is 13.8. The number of alkyl halides is 3. The summed E-state index contributed by atoms with van der Waals surface area (Å²) in [5.41, 5.74) is 2.05. The molecule has 0 saturated carbocycles. The third kappa shape index (κ3) is 3.09. The third-order valence-electron chi connectivity index (χ3n) is 4.57. The summed E-state index contributed by atoms with van der Waals surface area (Å²) in [5.74, 6) is 1.10. The molecule has 4 nitrogen and oxygen atoms in total. The van der Waals surface area contributed by atoms with Gasteiger partial charge in [-0.1, -0.05) is 6.07 Å². The van der Waals surface area contributed by atoms with Crippen LogP contribution in [0.15, 0.2) is 30.3 Å². The molecule has 0 spiro atoms. The van der Waals surface area contributed by atoms with E-state index in [0.29, 0.717) is 25.4 Å². The van der Waals surface area contributed by atoms with Crippen molar-refractivity contribution in [2.75, 3.05) is 18.5 Å². The predicted molar refractivity (Wildman–Crippen MR) is 88.6 cm³/mol. The molecule has 0 aliphatic carbocycles. The lowest BCUT2D eigenvalue weighted by Crippen LogP contribution is -2.16. The van der Waals surface area contributed by atoms with Gasteiger partial charge in [-0.3, -0.25) is 4.79 Å². The number of benzene rings is 2. The highest BCUT2D eigenvalue weighted by Gasteiger charge is 2.31. The summed E-state index contributed by atoms with van der Waals surface area (Å²) < 4.78 is 49.7. The molecular weight excluding hydrogens is 347 g/mol. The molecule has 0 atom stereocenters. The molecular formula is C19H16F3NO3. The molecule has 7 heteroatoms. The van der Waals surface area contributed by atoms with E-state index in [4.69, 9.17) is 9.47 Å². The Balaban J connectivity index is 1.57.